The smallest absolute Gasteiger partial charge is 0.233 e. The van der Waals surface area contributed by atoms with Crippen molar-refractivity contribution in [2.75, 3.05) is 11.4 Å². The molecule has 1 amide bonds. The Kier molecular flexibility index (Phi) is 5.29. The van der Waals surface area contributed by atoms with Gasteiger partial charge in [-0.15, -0.1) is 11.3 Å². The van der Waals surface area contributed by atoms with Gasteiger partial charge in [0.1, 0.15) is 4.34 Å². The summed E-state index contributed by atoms with van der Waals surface area (Å²) in [5, 5.41) is 2.74. The predicted molar refractivity (Wildman–Crippen MR) is 109 cm³/mol. The van der Waals surface area contributed by atoms with Gasteiger partial charge in [-0.1, -0.05) is 53.7 Å². The van der Waals surface area contributed by atoms with Crippen molar-refractivity contribution in [2.45, 2.75) is 22.9 Å². The Morgan fingerprint density at radius 3 is 3.00 bits per heavy atom. The van der Waals surface area contributed by atoms with Crippen molar-refractivity contribution in [3.63, 3.8) is 0 Å². The highest BCUT2D eigenvalue weighted by atomic mass is 35.5. The van der Waals surface area contributed by atoms with Crippen LogP contribution in [0.2, 0.25) is 5.02 Å². The molecule has 0 unspecified atom stereocenters. The topological polar surface area (TPSA) is 33.2 Å². The molecule has 6 heteroatoms. The molecule has 26 heavy (non-hydrogen) atoms. The molecule has 1 aromatic heterocycles. The fourth-order valence-corrected chi connectivity index (χ4v) is 5.06. The zero-order valence-corrected chi connectivity index (χ0v) is 16.4. The molecular weight excluding hydrogens is 384 g/mol. The minimum absolute atomic E-state index is 0.117. The number of para-hydroxylation sites is 1. The van der Waals surface area contributed by atoms with Crippen LogP contribution in [0.3, 0.4) is 0 Å². The summed E-state index contributed by atoms with van der Waals surface area (Å²) in [7, 11) is 0. The number of carbonyl (C=O) groups is 1. The van der Waals surface area contributed by atoms with E-state index in [2.05, 4.69) is 17.1 Å². The molecule has 2 heterocycles. The van der Waals surface area contributed by atoms with E-state index in [1.807, 2.05) is 46.7 Å². The standard InChI is InChI=1S/C20H17ClN2OS2/c21-16-6-3-4-14(10-16)12-25-20-22-17(13-26-20)11-19(24)23-9-8-15-5-1-2-7-18(15)23/h1-7,10,13H,8-9,11-12H2. The van der Waals surface area contributed by atoms with Crippen molar-refractivity contribution < 1.29 is 4.79 Å². The summed E-state index contributed by atoms with van der Waals surface area (Å²) in [6, 6.07) is 16.0. The lowest BCUT2D eigenvalue weighted by atomic mass is 10.2. The third kappa shape index (κ3) is 3.95. The van der Waals surface area contributed by atoms with Crippen LogP contribution < -0.4 is 4.90 Å². The molecule has 1 aliphatic rings. The lowest BCUT2D eigenvalue weighted by Crippen LogP contribution is -2.30. The van der Waals surface area contributed by atoms with Crippen LogP contribution in [0.15, 0.2) is 58.3 Å². The minimum Gasteiger partial charge on any atom is -0.311 e. The van der Waals surface area contributed by atoms with Crippen LogP contribution in [-0.4, -0.2) is 17.4 Å². The zero-order chi connectivity index (χ0) is 17.9. The van der Waals surface area contributed by atoms with Gasteiger partial charge in [0.05, 0.1) is 12.1 Å². The van der Waals surface area contributed by atoms with Gasteiger partial charge in [0, 0.05) is 28.4 Å². The fourth-order valence-electron chi connectivity index (χ4n) is 3.06. The molecule has 0 fully saturated rings. The highest BCUT2D eigenvalue weighted by molar-refractivity contribution is 8.00. The summed E-state index contributed by atoms with van der Waals surface area (Å²) in [4.78, 5) is 19.2. The maximum Gasteiger partial charge on any atom is 0.233 e. The molecule has 132 valence electrons. The molecular formula is C20H17ClN2OS2. The van der Waals surface area contributed by atoms with E-state index >= 15 is 0 Å². The minimum atomic E-state index is 0.117. The molecule has 1 aliphatic heterocycles. The van der Waals surface area contributed by atoms with Crippen molar-refractivity contribution in [1.29, 1.82) is 0 Å². The molecule has 2 aromatic carbocycles. The van der Waals surface area contributed by atoms with Gasteiger partial charge in [0.25, 0.3) is 0 Å². The van der Waals surface area contributed by atoms with Gasteiger partial charge in [-0.25, -0.2) is 4.98 Å². The van der Waals surface area contributed by atoms with Crippen LogP contribution in [-0.2, 0) is 23.4 Å². The lowest BCUT2D eigenvalue weighted by molar-refractivity contribution is -0.117. The fraction of sp³-hybridized carbons (Fsp3) is 0.200. The van der Waals surface area contributed by atoms with Crippen LogP contribution in [0.25, 0.3) is 0 Å². The number of benzene rings is 2. The number of rotatable bonds is 5. The molecule has 3 nitrogen and oxygen atoms in total. The number of aromatic nitrogens is 1. The van der Waals surface area contributed by atoms with Crippen molar-refractivity contribution >= 4 is 46.3 Å². The van der Waals surface area contributed by atoms with E-state index in [1.54, 1.807) is 23.1 Å². The number of fused-ring (bicyclic) bond motifs is 1. The van der Waals surface area contributed by atoms with Crippen molar-refractivity contribution in [3.8, 4) is 0 Å². The number of halogens is 1. The maximum absolute atomic E-state index is 12.7. The molecule has 0 aliphatic carbocycles. The second kappa shape index (κ2) is 7.82. The van der Waals surface area contributed by atoms with Gasteiger partial charge < -0.3 is 4.90 Å². The largest absolute Gasteiger partial charge is 0.311 e. The molecule has 0 radical (unpaired) electrons. The van der Waals surface area contributed by atoms with E-state index in [4.69, 9.17) is 11.6 Å². The second-order valence-electron chi connectivity index (χ2n) is 6.12. The Morgan fingerprint density at radius 2 is 2.12 bits per heavy atom. The molecule has 0 saturated carbocycles. The summed E-state index contributed by atoms with van der Waals surface area (Å²) >= 11 is 9.29. The maximum atomic E-state index is 12.7. The van der Waals surface area contributed by atoms with Gasteiger partial charge in [-0.05, 0) is 35.7 Å². The van der Waals surface area contributed by atoms with Gasteiger partial charge in [-0.3, -0.25) is 4.79 Å². The molecule has 3 aromatic rings. The van der Waals surface area contributed by atoms with E-state index in [-0.39, 0.29) is 5.91 Å². The molecule has 4 rings (SSSR count). The average molecular weight is 401 g/mol. The molecule has 0 N–H and O–H groups in total. The Balaban J connectivity index is 1.37. The highest BCUT2D eigenvalue weighted by Crippen LogP contribution is 2.30. The van der Waals surface area contributed by atoms with Crippen LogP contribution in [0.4, 0.5) is 5.69 Å². The lowest BCUT2D eigenvalue weighted by Gasteiger charge is -2.16. The predicted octanol–water partition coefficient (Wildman–Crippen LogP) is 5.22. The number of amides is 1. The van der Waals surface area contributed by atoms with Gasteiger partial charge in [-0.2, -0.15) is 0 Å². The Hall–Kier alpha value is -1.82. The van der Waals surface area contributed by atoms with Gasteiger partial charge in [0.15, 0.2) is 0 Å². The quantitative estimate of drug-likeness (QED) is 0.550. The monoisotopic (exact) mass is 400 g/mol. The van der Waals surface area contributed by atoms with E-state index in [0.29, 0.717) is 6.42 Å². The van der Waals surface area contributed by atoms with Gasteiger partial charge in [0.2, 0.25) is 5.91 Å². The number of hydrogen-bond acceptors (Lipinski definition) is 4. The van der Waals surface area contributed by atoms with Crippen molar-refractivity contribution in [3.05, 3.63) is 75.8 Å². The first-order valence-corrected chi connectivity index (χ1v) is 10.6. The van der Waals surface area contributed by atoms with Crippen molar-refractivity contribution in [1.82, 2.24) is 4.98 Å². The Bertz CT molecular complexity index is 941. The van der Waals surface area contributed by atoms with Gasteiger partial charge >= 0.3 is 0 Å². The Morgan fingerprint density at radius 1 is 1.23 bits per heavy atom. The molecule has 0 atom stereocenters. The summed E-state index contributed by atoms with van der Waals surface area (Å²) < 4.78 is 0.981. The van der Waals surface area contributed by atoms with E-state index in [1.165, 1.54) is 11.1 Å². The van der Waals surface area contributed by atoms with E-state index in [0.717, 1.165) is 39.5 Å². The summed E-state index contributed by atoms with van der Waals surface area (Å²) in [5.74, 6) is 0.938. The number of carbonyl (C=O) groups excluding carboxylic acids is 1. The summed E-state index contributed by atoms with van der Waals surface area (Å²) in [5.41, 5.74) is 4.31. The summed E-state index contributed by atoms with van der Waals surface area (Å²) in [6.07, 6.45) is 1.28. The number of nitrogens with zero attached hydrogens (tertiary/aromatic N) is 2. The van der Waals surface area contributed by atoms with Crippen LogP contribution >= 0.6 is 34.7 Å². The normalized spacial score (nSPS) is 13.0. The van der Waals surface area contributed by atoms with Crippen LogP contribution in [0.1, 0.15) is 16.8 Å². The number of thiazole rings is 1. The Labute approximate surface area is 166 Å². The third-order valence-corrected chi connectivity index (χ3v) is 6.68. The van der Waals surface area contributed by atoms with Crippen LogP contribution in [0, 0.1) is 0 Å². The third-order valence-electron chi connectivity index (χ3n) is 4.30. The molecule has 0 saturated heterocycles. The first-order valence-electron chi connectivity index (χ1n) is 8.39. The SMILES string of the molecule is O=C(Cc1csc(SCc2cccc(Cl)c2)n1)N1CCc2ccccc21. The molecule has 0 spiro atoms. The first kappa shape index (κ1) is 17.6. The van der Waals surface area contributed by atoms with Crippen LogP contribution in [0.5, 0.6) is 0 Å². The average Bonchev–Trinajstić information content (AvgIpc) is 3.26. The number of hydrogen-bond donors (Lipinski definition) is 0. The highest BCUT2D eigenvalue weighted by Gasteiger charge is 2.24. The van der Waals surface area contributed by atoms with E-state index < -0.39 is 0 Å². The molecule has 0 bridgehead atoms. The zero-order valence-electron chi connectivity index (χ0n) is 14.0. The van der Waals surface area contributed by atoms with E-state index in [9.17, 15) is 4.79 Å². The number of thioether (sulfide) groups is 1. The van der Waals surface area contributed by atoms with Crippen molar-refractivity contribution in [2.24, 2.45) is 0 Å². The first-order chi connectivity index (χ1) is 12.7. The second-order valence-corrected chi connectivity index (χ2v) is 8.64. The number of anilines is 1. The summed E-state index contributed by atoms with van der Waals surface area (Å²) in [6.45, 7) is 0.763.